The lowest BCUT2D eigenvalue weighted by atomic mass is 9.95. The predicted molar refractivity (Wildman–Crippen MR) is 60.0 cm³/mol. The van der Waals surface area contributed by atoms with Gasteiger partial charge in [0, 0.05) is 17.3 Å². The highest BCUT2D eigenvalue weighted by Gasteiger charge is 2.20. The molecule has 1 amide bonds. The minimum absolute atomic E-state index is 0.0145. The van der Waals surface area contributed by atoms with Crippen molar-refractivity contribution in [3.63, 3.8) is 0 Å². The summed E-state index contributed by atoms with van der Waals surface area (Å²) in [5.74, 6) is -0.0145. The quantitative estimate of drug-likeness (QED) is 0.543. The molecule has 0 aliphatic rings. The zero-order chi connectivity index (χ0) is 11.2. The summed E-state index contributed by atoms with van der Waals surface area (Å²) in [6, 6.07) is 0. The van der Waals surface area contributed by atoms with E-state index in [9.17, 15) is 4.79 Å². The van der Waals surface area contributed by atoms with Crippen LogP contribution >= 0.6 is 0 Å². The molecule has 0 unspecified atom stereocenters. The Morgan fingerprint density at radius 1 is 1.43 bits per heavy atom. The van der Waals surface area contributed by atoms with Crippen LogP contribution in [0.15, 0.2) is 29.0 Å². The van der Waals surface area contributed by atoms with Crippen molar-refractivity contribution in [3.8, 4) is 0 Å². The molecule has 1 N–H and O–H groups in total. The monoisotopic (exact) mass is 194 g/mol. The number of nitrogens with one attached hydrogen (secondary N) is 1. The second kappa shape index (κ2) is 5.37. The molecule has 0 heterocycles. The highest BCUT2D eigenvalue weighted by atomic mass is 16.2. The SMILES string of the molecule is C=N/C=C\C(=C/C)NC(=O)C(C)(C)C. The molecule has 0 aliphatic heterocycles. The van der Waals surface area contributed by atoms with Gasteiger partial charge < -0.3 is 5.32 Å². The minimum atomic E-state index is -0.385. The zero-order valence-electron chi connectivity index (χ0n) is 9.29. The predicted octanol–water partition coefficient (Wildman–Crippen LogP) is 2.27. The molecule has 0 saturated carbocycles. The van der Waals surface area contributed by atoms with E-state index < -0.39 is 0 Å². The molecule has 0 aromatic rings. The summed E-state index contributed by atoms with van der Waals surface area (Å²) in [7, 11) is 0. The molecule has 78 valence electrons. The molecule has 0 radical (unpaired) electrons. The van der Waals surface area contributed by atoms with Crippen molar-refractivity contribution in [1.29, 1.82) is 0 Å². The summed E-state index contributed by atoms with van der Waals surface area (Å²) in [6.07, 6.45) is 5.06. The fourth-order valence-corrected chi connectivity index (χ4v) is 0.662. The number of hydrogen-bond acceptors (Lipinski definition) is 2. The molecule has 0 atom stereocenters. The lowest BCUT2D eigenvalue weighted by molar-refractivity contribution is -0.127. The third-order valence-corrected chi connectivity index (χ3v) is 1.61. The molecule has 0 aromatic carbocycles. The van der Waals surface area contributed by atoms with E-state index in [1.165, 1.54) is 6.20 Å². The Morgan fingerprint density at radius 3 is 2.36 bits per heavy atom. The summed E-state index contributed by atoms with van der Waals surface area (Å²) in [5.41, 5.74) is 0.348. The smallest absolute Gasteiger partial charge is 0.229 e. The average Bonchev–Trinajstić information content (AvgIpc) is 2.10. The number of aliphatic imine (C=N–C) groups is 1. The van der Waals surface area contributed by atoms with Gasteiger partial charge in [-0.05, 0) is 19.7 Å². The first-order valence-corrected chi connectivity index (χ1v) is 4.52. The van der Waals surface area contributed by atoms with Crippen LogP contribution in [0.1, 0.15) is 27.7 Å². The van der Waals surface area contributed by atoms with Gasteiger partial charge in [0.1, 0.15) is 0 Å². The highest BCUT2D eigenvalue weighted by molar-refractivity contribution is 5.83. The van der Waals surface area contributed by atoms with Crippen LogP contribution in [0.5, 0.6) is 0 Å². The molecular weight excluding hydrogens is 176 g/mol. The van der Waals surface area contributed by atoms with E-state index in [1.54, 1.807) is 6.08 Å². The van der Waals surface area contributed by atoms with Crippen LogP contribution in [-0.4, -0.2) is 12.6 Å². The molecule has 0 aromatic heterocycles. The van der Waals surface area contributed by atoms with Gasteiger partial charge in [0.25, 0.3) is 0 Å². The van der Waals surface area contributed by atoms with Gasteiger partial charge in [-0.2, -0.15) is 0 Å². The molecule has 0 aliphatic carbocycles. The molecule has 0 spiro atoms. The number of rotatable bonds is 3. The summed E-state index contributed by atoms with van der Waals surface area (Å²) in [6.45, 7) is 10.8. The van der Waals surface area contributed by atoms with Crippen LogP contribution in [0.3, 0.4) is 0 Å². The average molecular weight is 194 g/mol. The maximum Gasteiger partial charge on any atom is 0.229 e. The summed E-state index contributed by atoms with van der Waals surface area (Å²) in [5, 5.41) is 2.79. The van der Waals surface area contributed by atoms with Crippen molar-refractivity contribution >= 4 is 12.6 Å². The Hall–Kier alpha value is -1.38. The first-order chi connectivity index (χ1) is 6.41. The molecule has 0 fully saturated rings. The van der Waals surface area contributed by atoms with Gasteiger partial charge in [-0.1, -0.05) is 26.8 Å². The molecule has 3 heteroatoms. The van der Waals surface area contributed by atoms with Gasteiger partial charge in [0.15, 0.2) is 0 Å². The maximum absolute atomic E-state index is 11.6. The fraction of sp³-hybridized carbons (Fsp3) is 0.455. The van der Waals surface area contributed by atoms with E-state index in [2.05, 4.69) is 17.0 Å². The molecule has 0 bridgehead atoms. The Kier molecular flexibility index (Phi) is 4.84. The Morgan fingerprint density at radius 2 is 2.00 bits per heavy atom. The van der Waals surface area contributed by atoms with Crippen LogP contribution in [0.25, 0.3) is 0 Å². The van der Waals surface area contributed by atoms with Gasteiger partial charge in [-0.15, -0.1) is 0 Å². The van der Waals surface area contributed by atoms with E-state index in [0.29, 0.717) is 0 Å². The number of carbonyl (C=O) groups is 1. The number of hydrogen-bond donors (Lipinski definition) is 1. The van der Waals surface area contributed by atoms with E-state index in [0.717, 1.165) is 5.70 Å². The standard InChI is InChI=1S/C11H18N2O/c1-6-9(7-8-12-5)13-10(14)11(2,3)4/h6-8H,5H2,1-4H3,(H,13,14)/b8-7-,9-6+. The number of nitrogens with zero attached hydrogens (tertiary/aromatic N) is 1. The second-order valence-electron chi connectivity index (χ2n) is 3.95. The van der Waals surface area contributed by atoms with E-state index in [4.69, 9.17) is 0 Å². The third kappa shape index (κ3) is 4.60. The molecule has 0 saturated heterocycles. The highest BCUT2D eigenvalue weighted by Crippen LogP contribution is 2.13. The van der Waals surface area contributed by atoms with E-state index in [-0.39, 0.29) is 11.3 Å². The normalized spacial score (nSPS) is 13.0. The van der Waals surface area contributed by atoms with Gasteiger partial charge >= 0.3 is 0 Å². The number of carbonyl (C=O) groups excluding carboxylic acids is 1. The topological polar surface area (TPSA) is 41.5 Å². The second-order valence-corrected chi connectivity index (χ2v) is 3.95. The van der Waals surface area contributed by atoms with Gasteiger partial charge in [0.05, 0.1) is 0 Å². The largest absolute Gasteiger partial charge is 0.326 e. The molecule has 3 nitrogen and oxygen atoms in total. The van der Waals surface area contributed by atoms with Crippen molar-refractivity contribution in [2.75, 3.05) is 0 Å². The molecular formula is C11H18N2O. The number of allylic oxidation sites excluding steroid dienone is 2. The van der Waals surface area contributed by atoms with E-state index >= 15 is 0 Å². The first-order valence-electron chi connectivity index (χ1n) is 4.52. The zero-order valence-corrected chi connectivity index (χ0v) is 9.29. The maximum atomic E-state index is 11.6. The lowest BCUT2D eigenvalue weighted by Crippen LogP contribution is -2.33. The van der Waals surface area contributed by atoms with Crippen LogP contribution in [-0.2, 0) is 4.79 Å². The van der Waals surface area contributed by atoms with Crippen molar-refractivity contribution in [1.82, 2.24) is 5.32 Å². The van der Waals surface area contributed by atoms with Crippen LogP contribution < -0.4 is 5.32 Å². The summed E-state index contributed by atoms with van der Waals surface area (Å²) < 4.78 is 0. The number of amides is 1. The summed E-state index contributed by atoms with van der Waals surface area (Å²) in [4.78, 5) is 15.1. The fourth-order valence-electron chi connectivity index (χ4n) is 0.662. The Balaban J connectivity index is 4.43. The Bertz CT molecular complexity index is 270. The van der Waals surface area contributed by atoms with Gasteiger partial charge in [-0.25, -0.2) is 0 Å². The van der Waals surface area contributed by atoms with Crippen molar-refractivity contribution in [2.45, 2.75) is 27.7 Å². The van der Waals surface area contributed by atoms with Crippen LogP contribution in [0.2, 0.25) is 0 Å². The van der Waals surface area contributed by atoms with Crippen molar-refractivity contribution < 1.29 is 4.79 Å². The third-order valence-electron chi connectivity index (χ3n) is 1.61. The van der Waals surface area contributed by atoms with Crippen molar-refractivity contribution in [3.05, 3.63) is 24.0 Å². The Labute approximate surface area is 85.6 Å². The van der Waals surface area contributed by atoms with Gasteiger partial charge in [0.2, 0.25) is 5.91 Å². The molecule has 0 rings (SSSR count). The van der Waals surface area contributed by atoms with Crippen LogP contribution in [0.4, 0.5) is 0 Å². The van der Waals surface area contributed by atoms with Crippen molar-refractivity contribution in [2.24, 2.45) is 10.4 Å². The van der Waals surface area contributed by atoms with Gasteiger partial charge in [-0.3, -0.25) is 9.79 Å². The first kappa shape index (κ1) is 12.6. The van der Waals surface area contributed by atoms with Crippen LogP contribution in [0, 0.1) is 5.41 Å². The molecule has 14 heavy (non-hydrogen) atoms. The minimum Gasteiger partial charge on any atom is -0.326 e. The van der Waals surface area contributed by atoms with E-state index in [1.807, 2.05) is 33.8 Å². The lowest BCUT2D eigenvalue weighted by Gasteiger charge is -2.17. The summed E-state index contributed by atoms with van der Waals surface area (Å²) >= 11 is 0.